The molecule has 1 aliphatic heterocycles. The number of fused-ring (bicyclic) bond motifs is 1. The smallest absolute Gasteiger partial charge is 0.255 e. The zero-order valence-corrected chi connectivity index (χ0v) is 20.8. The Hall–Kier alpha value is -3.51. The van der Waals surface area contributed by atoms with Crippen molar-refractivity contribution in [2.45, 2.75) is 36.8 Å². The highest BCUT2D eigenvalue weighted by atomic mass is 32.2. The Kier molecular flexibility index (Phi) is 6.64. The number of anilines is 1. The van der Waals surface area contributed by atoms with Gasteiger partial charge in [-0.1, -0.05) is 56.3 Å². The highest BCUT2D eigenvalue weighted by Crippen LogP contribution is 2.43. The van der Waals surface area contributed by atoms with Crippen LogP contribution in [-0.4, -0.2) is 22.1 Å². The molecule has 1 unspecified atom stereocenters. The van der Waals surface area contributed by atoms with E-state index in [1.807, 2.05) is 66.6 Å². The van der Waals surface area contributed by atoms with Crippen molar-refractivity contribution in [3.63, 3.8) is 0 Å². The van der Waals surface area contributed by atoms with Gasteiger partial charge in [-0.2, -0.15) is 0 Å². The van der Waals surface area contributed by atoms with Crippen LogP contribution in [0.5, 0.6) is 5.75 Å². The van der Waals surface area contributed by atoms with E-state index >= 15 is 0 Å². The van der Waals surface area contributed by atoms with Crippen LogP contribution in [0.2, 0.25) is 0 Å². The molecule has 5 rings (SSSR count). The van der Waals surface area contributed by atoms with E-state index in [4.69, 9.17) is 4.74 Å². The van der Waals surface area contributed by atoms with Crippen LogP contribution in [0.4, 0.5) is 5.69 Å². The van der Waals surface area contributed by atoms with E-state index in [0.717, 1.165) is 29.1 Å². The molecule has 0 saturated heterocycles. The summed E-state index contributed by atoms with van der Waals surface area (Å²) in [4.78, 5) is 17.3. The molecule has 0 spiro atoms. The summed E-state index contributed by atoms with van der Waals surface area (Å²) in [6.45, 7) is 5.03. The lowest BCUT2D eigenvalue weighted by atomic mass is 9.82. The number of ether oxygens (including phenoxy) is 1. The fourth-order valence-electron chi connectivity index (χ4n) is 4.36. The monoisotopic (exact) mass is 483 g/mol. The number of carbonyl (C=O) groups excluding carboxylic acids is 1. The summed E-state index contributed by atoms with van der Waals surface area (Å²) in [5, 5.41) is 3.28. The summed E-state index contributed by atoms with van der Waals surface area (Å²) in [6.07, 6.45) is 6.60. The molecule has 3 heterocycles. The highest BCUT2D eigenvalue weighted by Gasteiger charge is 2.27. The third-order valence-corrected chi connectivity index (χ3v) is 7.78. The molecule has 178 valence electrons. The van der Waals surface area contributed by atoms with E-state index in [1.54, 1.807) is 6.20 Å². The van der Waals surface area contributed by atoms with Gasteiger partial charge in [0, 0.05) is 35.5 Å². The van der Waals surface area contributed by atoms with Gasteiger partial charge in [0.1, 0.15) is 11.1 Å². The Morgan fingerprint density at radius 2 is 1.97 bits per heavy atom. The molecule has 6 heteroatoms. The second-order valence-electron chi connectivity index (χ2n) is 9.36. The maximum Gasteiger partial charge on any atom is 0.255 e. The van der Waals surface area contributed by atoms with Gasteiger partial charge in [0.05, 0.1) is 18.0 Å². The van der Waals surface area contributed by atoms with Gasteiger partial charge >= 0.3 is 0 Å². The highest BCUT2D eigenvalue weighted by molar-refractivity contribution is 7.99. The van der Waals surface area contributed by atoms with Gasteiger partial charge in [-0.15, -0.1) is 11.8 Å². The number of nitrogens with one attached hydrogen (secondary N) is 1. The summed E-state index contributed by atoms with van der Waals surface area (Å²) in [6, 6.07) is 23.9. The normalized spacial score (nSPS) is 15.0. The second kappa shape index (κ2) is 10.0. The Morgan fingerprint density at radius 3 is 2.77 bits per heavy atom. The Balaban J connectivity index is 1.22. The van der Waals surface area contributed by atoms with Crippen LogP contribution in [0.3, 0.4) is 0 Å². The number of hydrogen-bond acceptors (Lipinski definition) is 4. The zero-order chi connectivity index (χ0) is 24.3. The number of nitrogens with zero attached hydrogens (tertiary/aromatic N) is 2. The van der Waals surface area contributed by atoms with Crippen molar-refractivity contribution in [2.24, 2.45) is 0 Å². The minimum Gasteiger partial charge on any atom is -0.494 e. The maximum atomic E-state index is 13.0. The third-order valence-electron chi connectivity index (χ3n) is 6.52. The molecular formula is C29H29N3O2S. The van der Waals surface area contributed by atoms with E-state index in [0.29, 0.717) is 17.9 Å². The first-order valence-corrected chi connectivity index (χ1v) is 12.9. The van der Waals surface area contributed by atoms with Gasteiger partial charge in [0.2, 0.25) is 0 Å². The molecule has 1 amide bonds. The van der Waals surface area contributed by atoms with E-state index in [-0.39, 0.29) is 16.7 Å². The predicted octanol–water partition coefficient (Wildman–Crippen LogP) is 6.68. The third kappa shape index (κ3) is 5.13. The van der Waals surface area contributed by atoms with Crippen LogP contribution in [0.25, 0.3) is 0 Å². The van der Waals surface area contributed by atoms with Crippen LogP contribution >= 0.6 is 11.8 Å². The first kappa shape index (κ1) is 23.2. The van der Waals surface area contributed by atoms with Gasteiger partial charge in [0.15, 0.2) is 0 Å². The molecule has 1 aliphatic rings. The topological polar surface area (TPSA) is 56.1 Å². The van der Waals surface area contributed by atoms with Gasteiger partial charge in [0.25, 0.3) is 5.91 Å². The molecule has 0 aliphatic carbocycles. The fourth-order valence-corrected chi connectivity index (χ4v) is 5.67. The largest absolute Gasteiger partial charge is 0.494 e. The van der Waals surface area contributed by atoms with Crippen LogP contribution in [0.1, 0.15) is 52.8 Å². The summed E-state index contributed by atoms with van der Waals surface area (Å²) in [5.74, 6) is 1.41. The fraction of sp³-hybridized carbons (Fsp3) is 0.241. The average Bonchev–Trinajstić information content (AvgIpc) is 3.48. The number of benzene rings is 2. The van der Waals surface area contributed by atoms with Gasteiger partial charge in [-0.3, -0.25) is 9.78 Å². The number of rotatable bonds is 8. The van der Waals surface area contributed by atoms with E-state index in [9.17, 15) is 4.79 Å². The lowest BCUT2D eigenvalue weighted by molar-refractivity contribution is 0.102. The molecule has 1 atom stereocenters. The molecule has 5 nitrogen and oxygen atoms in total. The minimum atomic E-state index is -0.135. The molecule has 35 heavy (non-hydrogen) atoms. The molecule has 0 radical (unpaired) electrons. The molecule has 0 bridgehead atoms. The van der Waals surface area contributed by atoms with Gasteiger partial charge in [-0.05, 0) is 47.7 Å². The number of thioether (sulfide) groups is 1. The summed E-state index contributed by atoms with van der Waals surface area (Å²) < 4.78 is 8.25. The Labute approximate surface area is 210 Å². The lowest BCUT2D eigenvalue weighted by Gasteiger charge is -2.25. The molecular weight excluding hydrogens is 454 g/mol. The van der Waals surface area contributed by atoms with E-state index < -0.39 is 0 Å². The molecule has 1 N–H and O–H groups in total. The predicted molar refractivity (Wildman–Crippen MR) is 142 cm³/mol. The van der Waals surface area contributed by atoms with Crippen LogP contribution < -0.4 is 10.1 Å². The Morgan fingerprint density at radius 1 is 1.11 bits per heavy atom. The minimum absolute atomic E-state index is 0.0117. The van der Waals surface area contributed by atoms with Crippen molar-refractivity contribution in [1.82, 2.24) is 9.55 Å². The van der Waals surface area contributed by atoms with Crippen molar-refractivity contribution in [3.8, 4) is 5.75 Å². The molecule has 0 fully saturated rings. The standard InChI is InChI=1S/C29H29N3O2S/c1-29(2,23-10-4-3-5-11-23)14-17-34-24-12-6-8-21(18-24)27(33)31-25-13-16-32-26(25)20-35-28(32)22-9-7-15-30-19-22/h3-13,15-16,18-19,28H,14,17,20H2,1-2H3,(H,31,33). The number of amides is 1. The number of aromatic nitrogens is 2. The van der Waals surface area contributed by atoms with Crippen LogP contribution in [-0.2, 0) is 11.2 Å². The van der Waals surface area contributed by atoms with Crippen molar-refractivity contribution in [1.29, 1.82) is 0 Å². The summed E-state index contributed by atoms with van der Waals surface area (Å²) in [7, 11) is 0. The average molecular weight is 484 g/mol. The summed E-state index contributed by atoms with van der Waals surface area (Å²) in [5.41, 5.74) is 5.01. The van der Waals surface area contributed by atoms with Crippen molar-refractivity contribution >= 4 is 23.4 Å². The van der Waals surface area contributed by atoms with Crippen molar-refractivity contribution in [2.75, 3.05) is 11.9 Å². The molecule has 0 saturated carbocycles. The van der Waals surface area contributed by atoms with Crippen molar-refractivity contribution in [3.05, 3.63) is 114 Å². The SMILES string of the molecule is CC(C)(CCOc1cccc(C(=O)Nc2ccn3c2CSC3c2cccnc2)c1)c1ccccc1. The zero-order valence-electron chi connectivity index (χ0n) is 20.0. The molecule has 2 aromatic carbocycles. The molecule has 2 aromatic heterocycles. The number of pyridine rings is 1. The second-order valence-corrected chi connectivity index (χ2v) is 10.4. The van der Waals surface area contributed by atoms with Crippen molar-refractivity contribution < 1.29 is 9.53 Å². The van der Waals surface area contributed by atoms with E-state index in [1.165, 1.54) is 5.56 Å². The maximum absolute atomic E-state index is 13.0. The van der Waals surface area contributed by atoms with Crippen LogP contribution in [0.15, 0.2) is 91.4 Å². The first-order valence-electron chi connectivity index (χ1n) is 11.8. The Bertz CT molecular complexity index is 1300. The summed E-state index contributed by atoms with van der Waals surface area (Å²) >= 11 is 1.83. The lowest BCUT2D eigenvalue weighted by Crippen LogP contribution is -2.20. The quantitative estimate of drug-likeness (QED) is 0.304. The number of hydrogen-bond donors (Lipinski definition) is 1. The first-order chi connectivity index (χ1) is 17.0. The van der Waals surface area contributed by atoms with Gasteiger partial charge in [-0.25, -0.2) is 0 Å². The number of carbonyl (C=O) groups is 1. The van der Waals surface area contributed by atoms with Gasteiger partial charge < -0.3 is 14.6 Å². The van der Waals surface area contributed by atoms with Crippen LogP contribution in [0, 0.1) is 0 Å². The van der Waals surface area contributed by atoms with E-state index in [2.05, 4.69) is 59.0 Å². The molecule has 4 aromatic rings.